The predicted octanol–water partition coefficient (Wildman–Crippen LogP) is 2.90. The van der Waals surface area contributed by atoms with Gasteiger partial charge in [-0.15, -0.1) is 0 Å². The molecule has 0 aliphatic rings. The Morgan fingerprint density at radius 1 is 1.22 bits per heavy atom. The molecule has 1 amide bonds. The number of aromatic nitrogens is 1. The van der Waals surface area contributed by atoms with Crippen LogP contribution in [0, 0.1) is 6.92 Å². The van der Waals surface area contributed by atoms with E-state index in [1.807, 2.05) is 43.3 Å². The summed E-state index contributed by atoms with van der Waals surface area (Å²) < 4.78 is 0. The number of pyridine rings is 1. The van der Waals surface area contributed by atoms with E-state index in [1.165, 1.54) is 0 Å². The van der Waals surface area contributed by atoms with Crippen molar-refractivity contribution in [3.05, 3.63) is 53.9 Å². The summed E-state index contributed by atoms with van der Waals surface area (Å²) >= 11 is 1.57. The molecule has 0 fully saturated rings. The van der Waals surface area contributed by atoms with Crippen LogP contribution in [0.5, 0.6) is 0 Å². The minimum Gasteiger partial charge on any atom is -0.355 e. The van der Waals surface area contributed by atoms with Gasteiger partial charge in [0.05, 0.1) is 11.3 Å². The first kappa shape index (κ1) is 12.6. The van der Waals surface area contributed by atoms with Crippen LogP contribution in [-0.4, -0.2) is 17.9 Å². The standard InChI is InChI=1S/C14H14N2OS/c1-10-13(14(17)15-2)12(8-9-16-10)18-11-6-4-3-5-7-11/h3-9H,1-2H3,(H,15,17). The molecule has 3 nitrogen and oxygen atoms in total. The molecule has 1 aromatic heterocycles. The van der Waals surface area contributed by atoms with Gasteiger partial charge in [0.2, 0.25) is 0 Å². The molecule has 0 radical (unpaired) electrons. The van der Waals surface area contributed by atoms with Gasteiger partial charge in [-0.3, -0.25) is 9.78 Å². The summed E-state index contributed by atoms with van der Waals surface area (Å²) in [5.74, 6) is -0.0981. The molecule has 0 spiro atoms. The van der Waals surface area contributed by atoms with Crippen LogP contribution in [0.15, 0.2) is 52.4 Å². The predicted molar refractivity (Wildman–Crippen MR) is 72.9 cm³/mol. The molecule has 0 bridgehead atoms. The van der Waals surface area contributed by atoms with Crippen LogP contribution in [0.1, 0.15) is 16.1 Å². The van der Waals surface area contributed by atoms with Gasteiger partial charge in [-0.2, -0.15) is 0 Å². The molecule has 92 valence electrons. The molecular weight excluding hydrogens is 244 g/mol. The fourth-order valence-electron chi connectivity index (χ4n) is 1.64. The van der Waals surface area contributed by atoms with Crippen molar-refractivity contribution in [3.8, 4) is 0 Å². The second kappa shape index (κ2) is 5.69. The second-order valence-electron chi connectivity index (χ2n) is 3.76. The third-order valence-electron chi connectivity index (χ3n) is 2.53. The first-order valence-corrected chi connectivity index (χ1v) is 6.44. The lowest BCUT2D eigenvalue weighted by molar-refractivity contribution is 0.0959. The van der Waals surface area contributed by atoms with Crippen molar-refractivity contribution in [2.75, 3.05) is 7.05 Å². The Morgan fingerprint density at radius 2 is 1.94 bits per heavy atom. The van der Waals surface area contributed by atoms with Crippen LogP contribution in [0.25, 0.3) is 0 Å². The highest BCUT2D eigenvalue weighted by molar-refractivity contribution is 7.99. The molecule has 1 aromatic carbocycles. The van der Waals surface area contributed by atoms with Crippen LogP contribution in [0.4, 0.5) is 0 Å². The van der Waals surface area contributed by atoms with Crippen molar-refractivity contribution in [3.63, 3.8) is 0 Å². The Balaban J connectivity index is 2.39. The zero-order valence-electron chi connectivity index (χ0n) is 10.3. The largest absolute Gasteiger partial charge is 0.355 e. The van der Waals surface area contributed by atoms with E-state index in [0.717, 1.165) is 15.5 Å². The number of hydrogen-bond acceptors (Lipinski definition) is 3. The normalized spacial score (nSPS) is 10.1. The van der Waals surface area contributed by atoms with Crippen molar-refractivity contribution in [2.24, 2.45) is 0 Å². The van der Waals surface area contributed by atoms with E-state index < -0.39 is 0 Å². The Kier molecular flexibility index (Phi) is 3.99. The summed E-state index contributed by atoms with van der Waals surface area (Å²) in [6.07, 6.45) is 1.73. The number of carbonyl (C=O) groups is 1. The fraction of sp³-hybridized carbons (Fsp3) is 0.143. The summed E-state index contributed by atoms with van der Waals surface area (Å²) in [5, 5.41) is 2.66. The van der Waals surface area contributed by atoms with E-state index in [2.05, 4.69) is 10.3 Å². The minimum atomic E-state index is -0.0981. The number of carbonyl (C=O) groups excluding carboxylic acids is 1. The SMILES string of the molecule is CNC(=O)c1c(Sc2ccccc2)ccnc1C. The van der Waals surface area contributed by atoms with Crippen LogP contribution >= 0.6 is 11.8 Å². The summed E-state index contributed by atoms with van der Waals surface area (Å²) in [6.45, 7) is 1.85. The summed E-state index contributed by atoms with van der Waals surface area (Å²) in [5.41, 5.74) is 1.39. The van der Waals surface area contributed by atoms with Gasteiger partial charge in [0.15, 0.2) is 0 Å². The van der Waals surface area contributed by atoms with Crippen molar-refractivity contribution >= 4 is 17.7 Å². The zero-order chi connectivity index (χ0) is 13.0. The lowest BCUT2D eigenvalue weighted by atomic mass is 10.2. The van der Waals surface area contributed by atoms with Crippen LogP contribution in [-0.2, 0) is 0 Å². The summed E-state index contributed by atoms with van der Waals surface area (Å²) in [4.78, 5) is 18.1. The lowest BCUT2D eigenvalue weighted by Gasteiger charge is -2.10. The Labute approximate surface area is 111 Å². The zero-order valence-corrected chi connectivity index (χ0v) is 11.1. The van der Waals surface area contributed by atoms with Gasteiger partial charge in [0.1, 0.15) is 0 Å². The van der Waals surface area contributed by atoms with E-state index in [-0.39, 0.29) is 5.91 Å². The average Bonchev–Trinajstić information content (AvgIpc) is 2.39. The molecule has 0 aliphatic heterocycles. The van der Waals surface area contributed by atoms with Crippen molar-refractivity contribution in [1.82, 2.24) is 10.3 Å². The molecule has 0 atom stereocenters. The third-order valence-corrected chi connectivity index (χ3v) is 3.60. The quantitative estimate of drug-likeness (QED) is 0.920. The van der Waals surface area contributed by atoms with Gasteiger partial charge in [0, 0.05) is 23.0 Å². The van der Waals surface area contributed by atoms with Gasteiger partial charge in [-0.1, -0.05) is 30.0 Å². The molecule has 18 heavy (non-hydrogen) atoms. The number of rotatable bonds is 3. The Bertz CT molecular complexity index is 555. The number of nitrogens with one attached hydrogen (secondary N) is 1. The van der Waals surface area contributed by atoms with E-state index >= 15 is 0 Å². The van der Waals surface area contributed by atoms with Crippen molar-refractivity contribution < 1.29 is 4.79 Å². The molecule has 4 heteroatoms. The molecule has 2 aromatic rings. The number of benzene rings is 1. The van der Waals surface area contributed by atoms with Crippen LogP contribution in [0.3, 0.4) is 0 Å². The van der Waals surface area contributed by atoms with E-state index in [4.69, 9.17) is 0 Å². The first-order chi connectivity index (χ1) is 8.72. The fourth-order valence-corrected chi connectivity index (χ4v) is 2.66. The van der Waals surface area contributed by atoms with E-state index in [1.54, 1.807) is 25.0 Å². The highest BCUT2D eigenvalue weighted by Gasteiger charge is 2.14. The minimum absolute atomic E-state index is 0.0981. The van der Waals surface area contributed by atoms with Crippen molar-refractivity contribution in [1.29, 1.82) is 0 Å². The third kappa shape index (κ3) is 2.71. The molecule has 1 N–H and O–H groups in total. The lowest BCUT2D eigenvalue weighted by Crippen LogP contribution is -2.20. The maximum absolute atomic E-state index is 11.9. The monoisotopic (exact) mass is 258 g/mol. The van der Waals surface area contributed by atoms with Gasteiger partial charge in [-0.25, -0.2) is 0 Å². The highest BCUT2D eigenvalue weighted by atomic mass is 32.2. The first-order valence-electron chi connectivity index (χ1n) is 5.63. The summed E-state index contributed by atoms with van der Waals surface area (Å²) in [6, 6.07) is 11.9. The van der Waals surface area contributed by atoms with Gasteiger partial charge in [0.25, 0.3) is 5.91 Å². The van der Waals surface area contributed by atoms with Gasteiger partial charge >= 0.3 is 0 Å². The molecule has 0 aliphatic carbocycles. The maximum atomic E-state index is 11.9. The molecule has 0 saturated heterocycles. The topological polar surface area (TPSA) is 42.0 Å². The molecule has 1 heterocycles. The molecule has 0 unspecified atom stereocenters. The van der Waals surface area contributed by atoms with Crippen molar-refractivity contribution in [2.45, 2.75) is 16.7 Å². The smallest absolute Gasteiger partial charge is 0.254 e. The summed E-state index contributed by atoms with van der Waals surface area (Å²) in [7, 11) is 1.63. The van der Waals surface area contributed by atoms with Gasteiger partial charge < -0.3 is 5.32 Å². The van der Waals surface area contributed by atoms with E-state index in [0.29, 0.717) is 5.56 Å². The molecule has 0 saturated carbocycles. The molecular formula is C14H14N2OS. The number of aryl methyl sites for hydroxylation is 1. The van der Waals surface area contributed by atoms with Gasteiger partial charge in [-0.05, 0) is 25.1 Å². The number of amides is 1. The maximum Gasteiger partial charge on any atom is 0.254 e. The van der Waals surface area contributed by atoms with E-state index in [9.17, 15) is 4.79 Å². The number of hydrogen-bond donors (Lipinski definition) is 1. The Morgan fingerprint density at radius 3 is 2.61 bits per heavy atom. The Hall–Kier alpha value is -1.81. The number of nitrogens with zero attached hydrogens (tertiary/aromatic N) is 1. The van der Waals surface area contributed by atoms with Crippen LogP contribution < -0.4 is 5.32 Å². The average molecular weight is 258 g/mol. The highest BCUT2D eigenvalue weighted by Crippen LogP contribution is 2.30. The molecule has 2 rings (SSSR count). The van der Waals surface area contributed by atoms with Crippen LogP contribution in [0.2, 0.25) is 0 Å². The second-order valence-corrected chi connectivity index (χ2v) is 4.88.